The van der Waals surface area contributed by atoms with E-state index in [9.17, 15) is 14.4 Å². The van der Waals surface area contributed by atoms with Crippen LogP contribution in [0.1, 0.15) is 39.2 Å². The van der Waals surface area contributed by atoms with E-state index in [4.69, 9.17) is 4.74 Å². The van der Waals surface area contributed by atoms with Crippen molar-refractivity contribution >= 4 is 23.4 Å². The molecule has 4 rings (SSSR count). The van der Waals surface area contributed by atoms with Crippen LogP contribution in [0.5, 0.6) is 0 Å². The summed E-state index contributed by atoms with van der Waals surface area (Å²) in [6, 6.07) is 0.215. The summed E-state index contributed by atoms with van der Waals surface area (Å²) in [7, 11) is 0. The lowest BCUT2D eigenvalue weighted by Crippen LogP contribution is -2.54. The quantitative estimate of drug-likeness (QED) is 0.737. The number of carbonyl (C=O) groups is 3. The van der Waals surface area contributed by atoms with Crippen LogP contribution >= 0.6 is 0 Å². The molecule has 4 heterocycles. The van der Waals surface area contributed by atoms with Gasteiger partial charge in [0.25, 0.3) is 5.91 Å². The Balaban J connectivity index is 1.32. The number of rotatable bonds is 4. The molecule has 3 saturated heterocycles. The Morgan fingerprint density at radius 2 is 1.83 bits per heavy atom. The molecule has 0 aliphatic carbocycles. The summed E-state index contributed by atoms with van der Waals surface area (Å²) in [5.74, 6) is -0.343. The van der Waals surface area contributed by atoms with Crippen molar-refractivity contribution in [1.29, 1.82) is 0 Å². The van der Waals surface area contributed by atoms with Gasteiger partial charge in [-0.1, -0.05) is 0 Å². The molecular weight excluding hydrogens is 374 g/mol. The lowest BCUT2D eigenvalue weighted by molar-refractivity contribution is -0.147. The maximum atomic E-state index is 13.0. The van der Waals surface area contributed by atoms with Gasteiger partial charge in [0.1, 0.15) is 6.10 Å². The Morgan fingerprint density at radius 1 is 1.14 bits per heavy atom. The second kappa shape index (κ2) is 8.14. The molecule has 3 aliphatic heterocycles. The van der Waals surface area contributed by atoms with Crippen molar-refractivity contribution in [2.24, 2.45) is 5.92 Å². The number of nitrogens with zero attached hydrogens (tertiary/aromatic N) is 5. The molecule has 3 fully saturated rings. The van der Waals surface area contributed by atoms with Crippen LogP contribution in [0.3, 0.4) is 0 Å². The fourth-order valence-corrected chi connectivity index (χ4v) is 4.25. The van der Waals surface area contributed by atoms with Gasteiger partial charge in [0.05, 0.1) is 17.8 Å². The van der Waals surface area contributed by atoms with E-state index in [-0.39, 0.29) is 42.2 Å². The number of piperazine rings is 1. The normalized spacial score (nSPS) is 25.3. The van der Waals surface area contributed by atoms with Crippen LogP contribution < -0.4 is 4.90 Å². The topological polar surface area (TPSA) is 88.0 Å². The molecule has 0 bridgehead atoms. The molecule has 9 nitrogen and oxygen atoms in total. The molecule has 0 unspecified atom stereocenters. The van der Waals surface area contributed by atoms with Crippen LogP contribution in [-0.2, 0) is 19.1 Å². The molecule has 158 valence electrons. The van der Waals surface area contributed by atoms with Crippen molar-refractivity contribution in [3.05, 3.63) is 12.4 Å². The highest BCUT2D eigenvalue weighted by Gasteiger charge is 2.39. The van der Waals surface area contributed by atoms with Crippen molar-refractivity contribution in [1.82, 2.24) is 19.6 Å². The van der Waals surface area contributed by atoms with Gasteiger partial charge in [0.2, 0.25) is 11.8 Å². The minimum Gasteiger partial charge on any atom is -0.368 e. The first-order valence-corrected chi connectivity index (χ1v) is 10.5. The van der Waals surface area contributed by atoms with Crippen molar-refractivity contribution in [3.63, 3.8) is 0 Å². The fourth-order valence-electron chi connectivity index (χ4n) is 4.25. The van der Waals surface area contributed by atoms with E-state index in [2.05, 4.69) is 5.10 Å². The number of hydrogen-bond donors (Lipinski definition) is 0. The third-order valence-electron chi connectivity index (χ3n) is 6.01. The number of ether oxygens (including phenoxy) is 1. The van der Waals surface area contributed by atoms with Crippen LogP contribution in [0.15, 0.2) is 12.4 Å². The second-order valence-electron chi connectivity index (χ2n) is 8.33. The van der Waals surface area contributed by atoms with E-state index >= 15 is 0 Å². The van der Waals surface area contributed by atoms with Gasteiger partial charge >= 0.3 is 0 Å². The molecule has 1 aromatic rings. The van der Waals surface area contributed by atoms with Crippen molar-refractivity contribution in [2.75, 3.05) is 44.2 Å². The fraction of sp³-hybridized carbons (Fsp3) is 0.700. The number of aromatic nitrogens is 2. The van der Waals surface area contributed by atoms with Crippen LogP contribution in [0, 0.1) is 5.92 Å². The lowest BCUT2D eigenvalue weighted by atomic mass is 10.1. The molecule has 0 spiro atoms. The summed E-state index contributed by atoms with van der Waals surface area (Å²) in [5, 5.41) is 4.29. The minimum atomic E-state index is -0.342. The maximum absolute atomic E-state index is 13.0. The van der Waals surface area contributed by atoms with Gasteiger partial charge in [0, 0.05) is 58.0 Å². The van der Waals surface area contributed by atoms with Crippen molar-refractivity contribution < 1.29 is 19.1 Å². The van der Waals surface area contributed by atoms with Crippen molar-refractivity contribution in [3.8, 4) is 0 Å². The first kappa shape index (κ1) is 19.9. The molecule has 2 atom stereocenters. The van der Waals surface area contributed by atoms with Crippen LogP contribution in [-0.4, -0.2) is 82.7 Å². The molecule has 0 N–H and O–H groups in total. The summed E-state index contributed by atoms with van der Waals surface area (Å²) in [6.07, 6.45) is 5.15. The number of hydrogen-bond acceptors (Lipinski definition) is 5. The highest BCUT2D eigenvalue weighted by Crippen LogP contribution is 2.27. The smallest absolute Gasteiger partial charge is 0.251 e. The van der Waals surface area contributed by atoms with Crippen LogP contribution in [0.4, 0.5) is 5.69 Å². The molecule has 29 heavy (non-hydrogen) atoms. The third-order valence-corrected chi connectivity index (χ3v) is 6.01. The zero-order chi connectivity index (χ0) is 20.5. The first-order chi connectivity index (χ1) is 13.9. The molecular formula is C20H29N5O4. The second-order valence-corrected chi connectivity index (χ2v) is 8.33. The van der Waals surface area contributed by atoms with Gasteiger partial charge in [-0.15, -0.1) is 0 Å². The van der Waals surface area contributed by atoms with Gasteiger partial charge in [-0.2, -0.15) is 5.10 Å². The highest BCUT2D eigenvalue weighted by molar-refractivity contribution is 6.00. The number of anilines is 1. The van der Waals surface area contributed by atoms with E-state index in [1.807, 2.05) is 24.7 Å². The van der Waals surface area contributed by atoms with E-state index < -0.39 is 0 Å². The molecule has 0 radical (unpaired) electrons. The predicted molar refractivity (Wildman–Crippen MR) is 105 cm³/mol. The molecule has 0 aromatic carbocycles. The van der Waals surface area contributed by atoms with Gasteiger partial charge < -0.3 is 19.4 Å². The number of carbonyl (C=O) groups excluding carboxylic acids is 3. The van der Waals surface area contributed by atoms with Gasteiger partial charge in [-0.05, 0) is 26.7 Å². The Kier molecular flexibility index (Phi) is 5.58. The van der Waals surface area contributed by atoms with Crippen LogP contribution in [0.25, 0.3) is 0 Å². The molecule has 9 heteroatoms. The Hall–Kier alpha value is -2.42. The standard InChI is InChI=1S/C20H29N5O4/c1-14(2)25-13-16(11-21-25)24-12-15(10-18(24)26)19(27)22-5-7-23(8-6-22)20(28)17-4-3-9-29-17/h11,13-15,17H,3-10,12H2,1-2H3/t15-,17+/m1/s1. The van der Waals surface area contributed by atoms with E-state index in [0.29, 0.717) is 39.3 Å². The van der Waals surface area contributed by atoms with E-state index in [0.717, 1.165) is 18.5 Å². The summed E-state index contributed by atoms with van der Waals surface area (Å²) < 4.78 is 7.29. The average Bonchev–Trinajstić information content (AvgIpc) is 3.47. The lowest BCUT2D eigenvalue weighted by Gasteiger charge is -2.36. The van der Waals surface area contributed by atoms with Crippen molar-refractivity contribution in [2.45, 2.75) is 45.3 Å². The van der Waals surface area contributed by atoms with E-state index in [1.54, 1.807) is 20.9 Å². The van der Waals surface area contributed by atoms with Gasteiger partial charge in [-0.3, -0.25) is 19.1 Å². The molecule has 0 saturated carbocycles. The highest BCUT2D eigenvalue weighted by atomic mass is 16.5. The Labute approximate surface area is 170 Å². The Bertz CT molecular complexity index is 778. The maximum Gasteiger partial charge on any atom is 0.251 e. The molecule has 1 aromatic heterocycles. The first-order valence-electron chi connectivity index (χ1n) is 10.5. The summed E-state index contributed by atoms with van der Waals surface area (Å²) in [6.45, 7) is 7.15. The number of amides is 3. The third kappa shape index (κ3) is 4.01. The molecule has 3 amide bonds. The monoisotopic (exact) mass is 403 g/mol. The average molecular weight is 403 g/mol. The van der Waals surface area contributed by atoms with Crippen LogP contribution in [0.2, 0.25) is 0 Å². The zero-order valence-electron chi connectivity index (χ0n) is 17.1. The van der Waals surface area contributed by atoms with E-state index in [1.165, 1.54) is 0 Å². The van der Waals surface area contributed by atoms with Gasteiger partial charge in [-0.25, -0.2) is 0 Å². The van der Waals surface area contributed by atoms with Gasteiger partial charge in [0.15, 0.2) is 0 Å². The summed E-state index contributed by atoms with van der Waals surface area (Å²) >= 11 is 0. The largest absolute Gasteiger partial charge is 0.368 e. The Morgan fingerprint density at radius 3 is 2.41 bits per heavy atom. The SMILES string of the molecule is CC(C)n1cc(N2C[C@H](C(=O)N3CCN(C(=O)[C@@H]4CCCO4)CC3)CC2=O)cn1. The summed E-state index contributed by atoms with van der Waals surface area (Å²) in [5.41, 5.74) is 0.742. The minimum absolute atomic E-state index is 0.00122. The molecule has 3 aliphatic rings. The predicted octanol–water partition coefficient (Wildman–Crippen LogP) is 0.667. The zero-order valence-corrected chi connectivity index (χ0v) is 17.1. The summed E-state index contributed by atoms with van der Waals surface area (Å²) in [4.78, 5) is 43.2.